The fourth-order valence-corrected chi connectivity index (χ4v) is 2.85. The summed E-state index contributed by atoms with van der Waals surface area (Å²) in [6.07, 6.45) is 7.14. The molecule has 0 saturated heterocycles. The lowest BCUT2D eigenvalue weighted by molar-refractivity contribution is 0.0939. The van der Waals surface area contributed by atoms with Gasteiger partial charge in [0.05, 0.1) is 6.54 Å². The van der Waals surface area contributed by atoms with Crippen molar-refractivity contribution in [3.8, 4) is 0 Å². The average Bonchev–Trinajstić information content (AvgIpc) is 2.61. The van der Waals surface area contributed by atoms with Crippen LogP contribution in [0.25, 0.3) is 0 Å². The molecule has 0 spiro atoms. The van der Waals surface area contributed by atoms with Crippen molar-refractivity contribution in [3.63, 3.8) is 0 Å². The van der Waals surface area contributed by atoms with Crippen molar-refractivity contribution in [2.75, 3.05) is 0 Å². The Kier molecular flexibility index (Phi) is 7.09. The van der Waals surface area contributed by atoms with Crippen molar-refractivity contribution in [2.24, 2.45) is 10.7 Å². The SMILES string of the molecule is CCC(C)NC(=O)c1ccc(CN=C(N)NC2CCCCC2)cc1. The van der Waals surface area contributed by atoms with E-state index in [0.717, 1.165) is 12.0 Å². The minimum absolute atomic E-state index is 0.0297. The number of rotatable bonds is 6. The Labute approximate surface area is 145 Å². The summed E-state index contributed by atoms with van der Waals surface area (Å²) in [6, 6.07) is 8.20. The predicted molar refractivity (Wildman–Crippen MR) is 99.0 cm³/mol. The first kappa shape index (κ1) is 18.3. The molecule has 1 aliphatic carbocycles. The summed E-state index contributed by atoms with van der Waals surface area (Å²) in [5, 5.41) is 6.27. The zero-order valence-electron chi connectivity index (χ0n) is 14.8. The lowest BCUT2D eigenvalue weighted by atomic mass is 9.96. The lowest BCUT2D eigenvalue weighted by Gasteiger charge is -2.23. The number of nitrogens with one attached hydrogen (secondary N) is 2. The van der Waals surface area contributed by atoms with Crippen LogP contribution in [-0.2, 0) is 6.54 Å². The summed E-state index contributed by atoms with van der Waals surface area (Å²) < 4.78 is 0. The highest BCUT2D eigenvalue weighted by atomic mass is 16.1. The van der Waals surface area contributed by atoms with E-state index in [1.807, 2.05) is 31.2 Å². The van der Waals surface area contributed by atoms with Gasteiger partial charge in [0, 0.05) is 17.6 Å². The maximum atomic E-state index is 12.0. The van der Waals surface area contributed by atoms with Gasteiger partial charge in [-0.1, -0.05) is 38.3 Å². The molecule has 0 bridgehead atoms. The Balaban J connectivity index is 1.84. The molecule has 0 aromatic heterocycles. The van der Waals surface area contributed by atoms with Gasteiger partial charge in [0.2, 0.25) is 0 Å². The summed E-state index contributed by atoms with van der Waals surface area (Å²) in [4.78, 5) is 16.5. The van der Waals surface area contributed by atoms with Gasteiger partial charge in [-0.2, -0.15) is 0 Å². The predicted octanol–water partition coefficient (Wildman–Crippen LogP) is 2.95. The highest BCUT2D eigenvalue weighted by molar-refractivity contribution is 5.94. The van der Waals surface area contributed by atoms with Gasteiger partial charge in [-0.05, 0) is 43.9 Å². The Hall–Kier alpha value is -2.04. The number of hydrogen-bond acceptors (Lipinski definition) is 2. The van der Waals surface area contributed by atoms with Gasteiger partial charge in [-0.25, -0.2) is 4.99 Å². The summed E-state index contributed by atoms with van der Waals surface area (Å²) >= 11 is 0. The van der Waals surface area contributed by atoms with Crippen molar-refractivity contribution >= 4 is 11.9 Å². The molecule has 1 saturated carbocycles. The molecular formula is C19H30N4O. The van der Waals surface area contributed by atoms with Crippen LogP contribution in [0.2, 0.25) is 0 Å². The molecule has 1 unspecified atom stereocenters. The highest BCUT2D eigenvalue weighted by Crippen LogP contribution is 2.17. The first-order valence-electron chi connectivity index (χ1n) is 9.04. The summed E-state index contributed by atoms with van der Waals surface area (Å²) in [5.41, 5.74) is 7.70. The molecule has 0 radical (unpaired) electrons. The number of nitrogens with two attached hydrogens (primary N) is 1. The number of nitrogens with zero attached hydrogens (tertiary/aromatic N) is 1. The standard InChI is InChI=1S/C19H30N4O/c1-3-14(2)22-18(24)16-11-9-15(10-12-16)13-21-19(20)23-17-7-5-4-6-8-17/h9-12,14,17H,3-8,13H2,1-2H3,(H,22,24)(H3,20,21,23). The van der Waals surface area contributed by atoms with E-state index in [2.05, 4.69) is 22.5 Å². The molecule has 1 aromatic rings. The molecule has 0 heterocycles. The van der Waals surface area contributed by atoms with Crippen LogP contribution in [0, 0.1) is 0 Å². The van der Waals surface area contributed by atoms with E-state index in [-0.39, 0.29) is 11.9 Å². The molecule has 5 nitrogen and oxygen atoms in total. The van der Waals surface area contributed by atoms with E-state index in [4.69, 9.17) is 5.73 Å². The van der Waals surface area contributed by atoms with E-state index in [1.165, 1.54) is 32.1 Å². The van der Waals surface area contributed by atoms with Gasteiger partial charge in [0.25, 0.3) is 5.91 Å². The minimum atomic E-state index is -0.0297. The maximum absolute atomic E-state index is 12.0. The van der Waals surface area contributed by atoms with Gasteiger partial charge in [0.15, 0.2) is 5.96 Å². The van der Waals surface area contributed by atoms with Crippen LogP contribution >= 0.6 is 0 Å². The first-order valence-corrected chi connectivity index (χ1v) is 9.04. The number of guanidine groups is 1. The van der Waals surface area contributed by atoms with Crippen LogP contribution in [-0.4, -0.2) is 24.0 Å². The van der Waals surface area contributed by atoms with E-state index in [1.54, 1.807) is 0 Å². The quantitative estimate of drug-likeness (QED) is 0.554. The Bertz CT molecular complexity index is 547. The van der Waals surface area contributed by atoms with Crippen molar-refractivity contribution in [1.82, 2.24) is 10.6 Å². The highest BCUT2D eigenvalue weighted by Gasteiger charge is 2.13. The Morgan fingerprint density at radius 3 is 2.54 bits per heavy atom. The van der Waals surface area contributed by atoms with Crippen LogP contribution in [0.3, 0.4) is 0 Å². The molecule has 1 aliphatic rings. The molecular weight excluding hydrogens is 300 g/mol. The third kappa shape index (κ3) is 5.87. The summed E-state index contributed by atoms with van der Waals surface area (Å²) in [6.45, 7) is 4.58. The average molecular weight is 330 g/mol. The van der Waals surface area contributed by atoms with Crippen LogP contribution in [0.4, 0.5) is 0 Å². The Morgan fingerprint density at radius 2 is 1.92 bits per heavy atom. The summed E-state index contributed by atoms with van der Waals surface area (Å²) in [5.74, 6) is 0.485. The van der Waals surface area contributed by atoms with Gasteiger partial charge in [-0.15, -0.1) is 0 Å². The fourth-order valence-electron chi connectivity index (χ4n) is 2.85. The minimum Gasteiger partial charge on any atom is -0.370 e. The number of carbonyl (C=O) groups is 1. The van der Waals surface area contributed by atoms with Crippen molar-refractivity contribution in [3.05, 3.63) is 35.4 Å². The molecule has 0 aliphatic heterocycles. The third-order valence-corrected chi connectivity index (χ3v) is 4.60. The van der Waals surface area contributed by atoms with E-state index in [0.29, 0.717) is 24.1 Å². The number of carbonyl (C=O) groups excluding carboxylic acids is 1. The lowest BCUT2D eigenvalue weighted by Crippen LogP contribution is -2.41. The normalized spacial score (nSPS) is 17.3. The smallest absolute Gasteiger partial charge is 0.251 e. The van der Waals surface area contributed by atoms with Gasteiger partial charge in [-0.3, -0.25) is 4.79 Å². The first-order chi connectivity index (χ1) is 11.6. The zero-order valence-corrected chi connectivity index (χ0v) is 14.8. The summed E-state index contributed by atoms with van der Waals surface area (Å²) in [7, 11) is 0. The fraction of sp³-hybridized carbons (Fsp3) is 0.579. The van der Waals surface area contributed by atoms with E-state index < -0.39 is 0 Å². The monoisotopic (exact) mass is 330 g/mol. The molecule has 132 valence electrons. The molecule has 1 atom stereocenters. The van der Waals surface area contributed by atoms with Gasteiger partial charge >= 0.3 is 0 Å². The molecule has 1 aromatic carbocycles. The topological polar surface area (TPSA) is 79.5 Å². The molecule has 2 rings (SSSR count). The molecule has 1 amide bonds. The van der Waals surface area contributed by atoms with Crippen LogP contribution in [0.1, 0.15) is 68.3 Å². The molecule has 5 heteroatoms. The van der Waals surface area contributed by atoms with Gasteiger partial charge < -0.3 is 16.4 Å². The number of aliphatic imine (C=N–C) groups is 1. The molecule has 24 heavy (non-hydrogen) atoms. The molecule has 1 fully saturated rings. The van der Waals surface area contributed by atoms with Crippen molar-refractivity contribution < 1.29 is 4.79 Å². The van der Waals surface area contributed by atoms with Gasteiger partial charge in [0.1, 0.15) is 0 Å². The van der Waals surface area contributed by atoms with Crippen LogP contribution in [0.5, 0.6) is 0 Å². The molecule has 4 N–H and O–H groups in total. The largest absolute Gasteiger partial charge is 0.370 e. The zero-order chi connectivity index (χ0) is 17.4. The van der Waals surface area contributed by atoms with Crippen molar-refractivity contribution in [1.29, 1.82) is 0 Å². The van der Waals surface area contributed by atoms with E-state index in [9.17, 15) is 4.79 Å². The maximum Gasteiger partial charge on any atom is 0.251 e. The van der Waals surface area contributed by atoms with Crippen molar-refractivity contribution in [2.45, 2.75) is 71.0 Å². The third-order valence-electron chi connectivity index (χ3n) is 4.60. The second-order valence-electron chi connectivity index (χ2n) is 6.66. The number of hydrogen-bond donors (Lipinski definition) is 3. The second-order valence-corrected chi connectivity index (χ2v) is 6.66. The number of benzene rings is 1. The van der Waals surface area contributed by atoms with E-state index >= 15 is 0 Å². The van der Waals surface area contributed by atoms with Crippen LogP contribution in [0.15, 0.2) is 29.3 Å². The second kappa shape index (κ2) is 9.30. The Morgan fingerprint density at radius 1 is 1.25 bits per heavy atom. The number of amides is 1. The van der Waals surface area contributed by atoms with Crippen LogP contribution < -0.4 is 16.4 Å².